The Labute approximate surface area is 266 Å². The average molecular weight is 636 g/mol. The molecule has 1 saturated carbocycles. The molecule has 0 spiro atoms. The van der Waals surface area contributed by atoms with Crippen molar-refractivity contribution in [1.29, 1.82) is 0 Å². The van der Waals surface area contributed by atoms with Gasteiger partial charge in [0.15, 0.2) is 5.83 Å². The Hall–Kier alpha value is -4.01. The number of benzene rings is 2. The molecule has 236 valence electrons. The Balaban J connectivity index is 1.38. The van der Waals surface area contributed by atoms with E-state index in [1.54, 1.807) is 6.07 Å². The van der Waals surface area contributed by atoms with Crippen LogP contribution < -0.4 is 14.5 Å². The molecule has 45 heavy (non-hydrogen) atoms. The van der Waals surface area contributed by atoms with E-state index in [-0.39, 0.29) is 36.3 Å². The van der Waals surface area contributed by atoms with Crippen molar-refractivity contribution in [2.24, 2.45) is 0 Å². The Kier molecular flexibility index (Phi) is 8.80. The molecule has 3 aromatic rings. The van der Waals surface area contributed by atoms with E-state index < -0.39 is 23.6 Å². The molecule has 1 unspecified atom stereocenters. The Morgan fingerprint density at radius 1 is 1.18 bits per heavy atom. The van der Waals surface area contributed by atoms with Gasteiger partial charge in [0.05, 0.1) is 17.3 Å². The fourth-order valence-corrected chi connectivity index (χ4v) is 7.23. The highest BCUT2D eigenvalue weighted by molar-refractivity contribution is 6.36. The van der Waals surface area contributed by atoms with Gasteiger partial charge < -0.3 is 29.2 Å². The molecule has 3 heterocycles. The van der Waals surface area contributed by atoms with Crippen LogP contribution in [0, 0.1) is 12.4 Å². The summed E-state index contributed by atoms with van der Waals surface area (Å²) in [4.78, 5) is 33.8. The normalized spacial score (nSPS) is 21.6. The number of hydrogen-bond acceptors (Lipinski definition) is 7. The lowest BCUT2D eigenvalue weighted by atomic mass is 10.0. The number of carbonyl (C=O) groups excluding carboxylic acids is 1. The number of rotatable bonds is 7. The van der Waals surface area contributed by atoms with E-state index in [1.165, 1.54) is 11.0 Å². The first kappa shape index (κ1) is 31.0. The summed E-state index contributed by atoms with van der Waals surface area (Å²) in [7, 11) is 4.09. The Bertz CT molecular complexity index is 1680. The highest BCUT2D eigenvalue weighted by Gasteiger charge is 2.37. The number of anilines is 2. The first-order chi connectivity index (χ1) is 21.7. The van der Waals surface area contributed by atoms with Gasteiger partial charge in [0.1, 0.15) is 23.8 Å². The van der Waals surface area contributed by atoms with Crippen LogP contribution in [0.25, 0.3) is 15.6 Å². The van der Waals surface area contributed by atoms with Gasteiger partial charge in [-0.3, -0.25) is 4.79 Å². The van der Waals surface area contributed by atoms with Crippen LogP contribution >= 0.6 is 11.6 Å². The molecule has 0 N–H and O–H groups in total. The van der Waals surface area contributed by atoms with Crippen LogP contribution in [0.15, 0.2) is 42.7 Å². The van der Waals surface area contributed by atoms with Crippen LogP contribution in [0.5, 0.6) is 6.01 Å². The van der Waals surface area contributed by atoms with Crippen molar-refractivity contribution in [3.05, 3.63) is 76.3 Å². The lowest BCUT2D eigenvalue weighted by molar-refractivity contribution is -0.131. The van der Waals surface area contributed by atoms with Crippen molar-refractivity contribution >= 4 is 39.8 Å². The van der Waals surface area contributed by atoms with Crippen LogP contribution in [-0.4, -0.2) is 90.7 Å². The second kappa shape index (κ2) is 12.8. The van der Waals surface area contributed by atoms with Gasteiger partial charge in [0.25, 0.3) is 5.91 Å². The molecule has 0 bridgehead atoms. The number of ether oxygens (including phenoxy) is 1. The van der Waals surface area contributed by atoms with Gasteiger partial charge in [0.2, 0.25) is 6.54 Å². The minimum atomic E-state index is -1.03. The highest BCUT2D eigenvalue weighted by Crippen LogP contribution is 2.38. The lowest BCUT2D eigenvalue weighted by Crippen LogP contribution is -2.57. The van der Waals surface area contributed by atoms with E-state index in [9.17, 15) is 13.6 Å². The molecule has 2 aliphatic heterocycles. The van der Waals surface area contributed by atoms with Crippen molar-refractivity contribution in [3.8, 4) is 6.01 Å². The number of amides is 1. The SMILES string of the molecule is [C-]#[N+]CC1CN(c2nc(O[C@@H]3CCC[C@H]3N(C)C)nc3c2CCN(c2cccc4ccc(F)c(Cl)c24)C3)CCN1C(=O)C(=C)F. The number of fused-ring (bicyclic) bond motifs is 2. The monoisotopic (exact) mass is 635 g/mol. The average Bonchev–Trinajstić information content (AvgIpc) is 3.50. The van der Waals surface area contributed by atoms with Gasteiger partial charge in [0, 0.05) is 48.9 Å². The minimum Gasteiger partial charge on any atom is -0.458 e. The van der Waals surface area contributed by atoms with Crippen LogP contribution in [0.3, 0.4) is 0 Å². The number of nitrogens with zero attached hydrogens (tertiary/aromatic N) is 7. The quantitative estimate of drug-likeness (QED) is 0.259. The summed E-state index contributed by atoms with van der Waals surface area (Å²) < 4.78 is 34.9. The summed E-state index contributed by atoms with van der Waals surface area (Å²) in [6.45, 7) is 12.7. The van der Waals surface area contributed by atoms with E-state index in [0.717, 1.165) is 41.6 Å². The third-order valence-electron chi connectivity index (χ3n) is 9.19. The molecule has 3 atom stereocenters. The summed E-state index contributed by atoms with van der Waals surface area (Å²) in [6.07, 6.45) is 3.50. The first-order valence-electron chi connectivity index (χ1n) is 15.2. The molecular weight excluding hydrogens is 600 g/mol. The third-order valence-corrected chi connectivity index (χ3v) is 9.56. The van der Waals surface area contributed by atoms with Gasteiger partial charge in [-0.15, -0.1) is 0 Å². The highest BCUT2D eigenvalue weighted by atomic mass is 35.5. The molecule has 1 amide bonds. The van der Waals surface area contributed by atoms with Gasteiger partial charge in [-0.05, 0) is 57.3 Å². The number of piperazine rings is 1. The van der Waals surface area contributed by atoms with E-state index >= 15 is 0 Å². The van der Waals surface area contributed by atoms with Crippen LogP contribution in [0.2, 0.25) is 5.02 Å². The minimum absolute atomic E-state index is 0.0327. The molecule has 2 fully saturated rings. The summed E-state index contributed by atoms with van der Waals surface area (Å²) >= 11 is 6.49. The van der Waals surface area contributed by atoms with Crippen molar-refractivity contribution in [1.82, 2.24) is 19.8 Å². The van der Waals surface area contributed by atoms with E-state index in [2.05, 4.69) is 26.1 Å². The maximum absolute atomic E-state index is 14.6. The molecule has 6 rings (SSSR count). The summed E-state index contributed by atoms with van der Waals surface area (Å²) in [6, 6.07) is 8.91. The Morgan fingerprint density at radius 2 is 2.00 bits per heavy atom. The summed E-state index contributed by atoms with van der Waals surface area (Å²) in [5.41, 5.74) is 2.58. The van der Waals surface area contributed by atoms with Crippen molar-refractivity contribution < 1.29 is 18.3 Å². The predicted octanol–water partition coefficient (Wildman–Crippen LogP) is 5.27. The standard InChI is InChI=1S/C33H36ClF2N7O2/c1-20(35)32(44)43-16-15-42(18-22(43)17-37-2)31-23-13-14-41(27-9-5-7-21-11-12-24(36)30(34)29(21)27)19-25(23)38-33(39-31)45-28-10-6-8-26(28)40(3)4/h5,7,9,11-12,22,26,28H,1,6,8,10,13-19H2,3-4H3/t22?,26-,28-/m1/s1. The van der Waals surface area contributed by atoms with Crippen molar-refractivity contribution in [2.75, 3.05) is 56.6 Å². The smallest absolute Gasteiger partial charge is 0.319 e. The fourth-order valence-electron chi connectivity index (χ4n) is 6.97. The molecule has 2 aromatic carbocycles. The summed E-state index contributed by atoms with van der Waals surface area (Å²) in [5.74, 6) is -1.58. The molecule has 1 aliphatic carbocycles. The van der Waals surface area contributed by atoms with E-state index in [0.29, 0.717) is 43.8 Å². The summed E-state index contributed by atoms with van der Waals surface area (Å²) in [5, 5.41) is 1.60. The molecular formula is C33H36ClF2N7O2. The fraction of sp³-hybridized carbons (Fsp3) is 0.455. The number of likely N-dealkylation sites (N-methyl/N-ethyl adjacent to an activating group) is 1. The van der Waals surface area contributed by atoms with Crippen molar-refractivity contribution in [3.63, 3.8) is 0 Å². The molecule has 9 nitrogen and oxygen atoms in total. The Morgan fingerprint density at radius 3 is 2.76 bits per heavy atom. The number of aromatic nitrogens is 2. The van der Waals surface area contributed by atoms with Crippen LogP contribution in [-0.2, 0) is 17.8 Å². The molecule has 3 aliphatic rings. The molecule has 12 heteroatoms. The topological polar surface area (TPSA) is 69.4 Å². The zero-order valence-corrected chi connectivity index (χ0v) is 26.2. The molecule has 0 radical (unpaired) electrons. The number of halogens is 3. The van der Waals surface area contributed by atoms with E-state index in [4.69, 9.17) is 32.9 Å². The van der Waals surface area contributed by atoms with Crippen molar-refractivity contribution in [2.45, 2.75) is 50.4 Å². The zero-order valence-electron chi connectivity index (χ0n) is 25.5. The van der Waals surface area contributed by atoms with Gasteiger partial charge in [-0.1, -0.05) is 36.4 Å². The number of carbonyl (C=O) groups is 1. The number of hydrogen-bond donors (Lipinski definition) is 0. The van der Waals surface area contributed by atoms with Crippen LogP contribution in [0.1, 0.15) is 30.5 Å². The maximum atomic E-state index is 14.6. The first-order valence-corrected chi connectivity index (χ1v) is 15.6. The van der Waals surface area contributed by atoms with Crippen LogP contribution in [0.4, 0.5) is 20.3 Å². The second-order valence-electron chi connectivity index (χ2n) is 12.1. The second-order valence-corrected chi connectivity index (χ2v) is 12.5. The zero-order chi connectivity index (χ0) is 31.8. The lowest BCUT2D eigenvalue weighted by Gasteiger charge is -2.41. The van der Waals surface area contributed by atoms with Gasteiger partial charge in [-0.25, -0.2) is 15.4 Å². The predicted molar refractivity (Wildman–Crippen MR) is 171 cm³/mol. The third kappa shape index (κ3) is 6.01. The van der Waals surface area contributed by atoms with E-state index in [1.807, 2.05) is 32.3 Å². The largest absolute Gasteiger partial charge is 0.458 e. The molecule has 1 saturated heterocycles. The van der Waals surface area contributed by atoms with Gasteiger partial charge >= 0.3 is 6.01 Å². The maximum Gasteiger partial charge on any atom is 0.319 e. The molecule has 1 aromatic heterocycles. The van der Waals surface area contributed by atoms with Gasteiger partial charge in [-0.2, -0.15) is 9.97 Å².